The van der Waals surface area contributed by atoms with Crippen LogP contribution in [0.15, 0.2) is 48.5 Å². The predicted octanol–water partition coefficient (Wildman–Crippen LogP) is 2.17. The van der Waals surface area contributed by atoms with Crippen LogP contribution in [0.1, 0.15) is 18.3 Å². The Hall–Kier alpha value is -3.22. The maximum absolute atomic E-state index is 12.7. The minimum atomic E-state index is -0.537. The first-order valence-electron chi connectivity index (χ1n) is 8.18. The van der Waals surface area contributed by atoms with Gasteiger partial charge in [-0.15, -0.1) is 5.10 Å². The quantitative estimate of drug-likeness (QED) is 0.790. The molecule has 2 heterocycles. The van der Waals surface area contributed by atoms with E-state index in [9.17, 15) is 4.79 Å². The third kappa shape index (κ3) is 2.84. The summed E-state index contributed by atoms with van der Waals surface area (Å²) in [5, 5.41) is 14.7. The van der Waals surface area contributed by atoms with Crippen molar-refractivity contribution in [3.63, 3.8) is 0 Å². The van der Waals surface area contributed by atoms with E-state index in [4.69, 9.17) is 4.74 Å². The van der Waals surface area contributed by atoms with Crippen molar-refractivity contribution >= 4 is 11.6 Å². The maximum atomic E-state index is 12.7. The SMILES string of the molecule is CCc1nnnn1-c1ccccc1NC(=O)C1Cc2ccccc2O1. The van der Waals surface area contributed by atoms with Gasteiger partial charge in [0.2, 0.25) is 0 Å². The van der Waals surface area contributed by atoms with Gasteiger partial charge in [0, 0.05) is 12.8 Å². The lowest BCUT2D eigenvalue weighted by atomic mass is 10.1. The van der Waals surface area contributed by atoms with Crippen LogP contribution in [0, 0.1) is 0 Å². The molecule has 126 valence electrons. The monoisotopic (exact) mass is 335 g/mol. The molecule has 7 nitrogen and oxygen atoms in total. The molecule has 0 bridgehead atoms. The lowest BCUT2D eigenvalue weighted by Crippen LogP contribution is -2.31. The molecular formula is C18H17N5O2. The Morgan fingerprint density at radius 3 is 2.88 bits per heavy atom. The number of para-hydroxylation sites is 3. The third-order valence-corrected chi connectivity index (χ3v) is 4.18. The zero-order valence-electron chi connectivity index (χ0n) is 13.7. The summed E-state index contributed by atoms with van der Waals surface area (Å²) in [6.07, 6.45) is 0.718. The van der Waals surface area contributed by atoms with E-state index in [2.05, 4.69) is 20.8 Å². The third-order valence-electron chi connectivity index (χ3n) is 4.18. The molecule has 1 N–H and O–H groups in total. The zero-order valence-corrected chi connectivity index (χ0v) is 13.7. The summed E-state index contributed by atoms with van der Waals surface area (Å²) in [5.41, 5.74) is 2.42. The van der Waals surface area contributed by atoms with Gasteiger partial charge >= 0.3 is 0 Å². The summed E-state index contributed by atoms with van der Waals surface area (Å²) in [6, 6.07) is 15.1. The molecule has 3 aromatic rings. The molecule has 2 aromatic carbocycles. The molecule has 25 heavy (non-hydrogen) atoms. The smallest absolute Gasteiger partial charge is 0.265 e. The van der Waals surface area contributed by atoms with Gasteiger partial charge in [0.1, 0.15) is 5.75 Å². The maximum Gasteiger partial charge on any atom is 0.265 e. The van der Waals surface area contributed by atoms with Crippen molar-refractivity contribution in [1.29, 1.82) is 0 Å². The molecule has 0 saturated heterocycles. The second-order valence-corrected chi connectivity index (χ2v) is 5.79. The minimum Gasteiger partial charge on any atom is -0.480 e. The highest BCUT2D eigenvalue weighted by Gasteiger charge is 2.29. The summed E-state index contributed by atoms with van der Waals surface area (Å²) in [7, 11) is 0. The van der Waals surface area contributed by atoms with Gasteiger partial charge in [0.15, 0.2) is 11.9 Å². The van der Waals surface area contributed by atoms with Crippen LogP contribution in [-0.2, 0) is 17.6 Å². The molecule has 1 unspecified atom stereocenters. The van der Waals surface area contributed by atoms with Crippen LogP contribution in [0.2, 0.25) is 0 Å². The van der Waals surface area contributed by atoms with Gasteiger partial charge < -0.3 is 10.1 Å². The normalized spacial score (nSPS) is 15.5. The predicted molar refractivity (Wildman–Crippen MR) is 91.7 cm³/mol. The highest BCUT2D eigenvalue weighted by molar-refractivity contribution is 5.96. The number of nitrogens with zero attached hydrogens (tertiary/aromatic N) is 4. The van der Waals surface area contributed by atoms with E-state index < -0.39 is 6.10 Å². The number of benzene rings is 2. The van der Waals surface area contributed by atoms with Gasteiger partial charge in [-0.25, -0.2) is 0 Å². The average molecular weight is 335 g/mol. The Labute approximate surface area is 144 Å². The summed E-state index contributed by atoms with van der Waals surface area (Å²) >= 11 is 0. The lowest BCUT2D eigenvalue weighted by Gasteiger charge is -2.14. The van der Waals surface area contributed by atoms with E-state index in [1.54, 1.807) is 4.68 Å². The highest BCUT2D eigenvalue weighted by Crippen LogP contribution is 2.29. The number of tetrazole rings is 1. The van der Waals surface area contributed by atoms with Gasteiger partial charge in [-0.2, -0.15) is 4.68 Å². The van der Waals surface area contributed by atoms with Crippen LogP contribution in [0.4, 0.5) is 5.69 Å². The fourth-order valence-corrected chi connectivity index (χ4v) is 2.92. The Morgan fingerprint density at radius 2 is 2.04 bits per heavy atom. The first-order chi connectivity index (χ1) is 12.3. The van der Waals surface area contributed by atoms with Gasteiger partial charge in [0.05, 0.1) is 11.4 Å². The molecule has 0 aliphatic carbocycles. The van der Waals surface area contributed by atoms with Crippen LogP contribution in [-0.4, -0.2) is 32.2 Å². The number of amides is 1. The molecule has 1 aliphatic heterocycles. The van der Waals surface area contributed by atoms with Crippen LogP contribution < -0.4 is 10.1 Å². The number of carbonyl (C=O) groups excluding carboxylic acids is 1. The molecule has 1 atom stereocenters. The number of aromatic nitrogens is 4. The van der Waals surface area contributed by atoms with Gasteiger partial charge in [-0.3, -0.25) is 4.79 Å². The van der Waals surface area contributed by atoms with Crippen molar-refractivity contribution in [2.24, 2.45) is 0 Å². The van der Waals surface area contributed by atoms with Crippen molar-refractivity contribution < 1.29 is 9.53 Å². The molecule has 1 aromatic heterocycles. The van der Waals surface area contributed by atoms with Crippen LogP contribution >= 0.6 is 0 Å². The van der Waals surface area contributed by atoms with Crippen LogP contribution in [0.5, 0.6) is 5.75 Å². The number of nitrogens with one attached hydrogen (secondary N) is 1. The molecule has 0 fully saturated rings. The van der Waals surface area contributed by atoms with E-state index in [1.165, 1.54) is 0 Å². The summed E-state index contributed by atoms with van der Waals surface area (Å²) in [6.45, 7) is 1.98. The van der Waals surface area contributed by atoms with Gasteiger partial charge in [-0.1, -0.05) is 37.3 Å². The molecule has 0 spiro atoms. The minimum absolute atomic E-state index is 0.185. The van der Waals surface area contributed by atoms with Crippen molar-refractivity contribution in [2.45, 2.75) is 25.9 Å². The molecule has 0 saturated carbocycles. The summed E-state index contributed by atoms with van der Waals surface area (Å²) in [5.74, 6) is 1.31. The fraction of sp³-hybridized carbons (Fsp3) is 0.222. The summed E-state index contributed by atoms with van der Waals surface area (Å²) in [4.78, 5) is 12.7. The molecule has 1 amide bonds. The Kier molecular flexibility index (Phi) is 3.89. The van der Waals surface area contributed by atoms with Crippen molar-refractivity contribution in [3.05, 3.63) is 59.9 Å². The first-order valence-corrected chi connectivity index (χ1v) is 8.18. The number of hydrogen-bond donors (Lipinski definition) is 1. The number of carbonyl (C=O) groups is 1. The number of hydrogen-bond acceptors (Lipinski definition) is 5. The Morgan fingerprint density at radius 1 is 1.24 bits per heavy atom. The van der Waals surface area contributed by atoms with Crippen LogP contribution in [0.3, 0.4) is 0 Å². The van der Waals surface area contributed by atoms with Crippen molar-refractivity contribution in [3.8, 4) is 11.4 Å². The zero-order chi connectivity index (χ0) is 17.2. The number of ether oxygens (including phenoxy) is 1. The highest BCUT2D eigenvalue weighted by atomic mass is 16.5. The van der Waals surface area contributed by atoms with Crippen LogP contribution in [0.25, 0.3) is 5.69 Å². The molecule has 4 rings (SSSR count). The summed E-state index contributed by atoms with van der Waals surface area (Å²) < 4.78 is 7.40. The number of aryl methyl sites for hydroxylation is 1. The van der Waals surface area contributed by atoms with E-state index in [1.807, 2.05) is 55.5 Å². The Bertz CT molecular complexity index is 896. The van der Waals surface area contributed by atoms with Gasteiger partial charge in [-0.05, 0) is 34.2 Å². The average Bonchev–Trinajstić information content (AvgIpc) is 3.28. The topological polar surface area (TPSA) is 81.9 Å². The van der Waals surface area contributed by atoms with Crippen molar-refractivity contribution in [2.75, 3.05) is 5.32 Å². The Balaban J connectivity index is 1.57. The molecule has 1 aliphatic rings. The lowest BCUT2D eigenvalue weighted by molar-refractivity contribution is -0.122. The van der Waals surface area contributed by atoms with E-state index in [0.717, 1.165) is 22.8 Å². The van der Waals surface area contributed by atoms with Crippen molar-refractivity contribution in [1.82, 2.24) is 20.2 Å². The fourth-order valence-electron chi connectivity index (χ4n) is 2.92. The molecular weight excluding hydrogens is 318 g/mol. The standard InChI is InChI=1S/C18H17N5O2/c1-2-17-20-21-22-23(17)14-9-5-4-8-13(14)19-18(24)16-11-12-7-3-6-10-15(12)25-16/h3-10,16H,2,11H2,1H3,(H,19,24). The second kappa shape index (κ2) is 6.35. The number of fused-ring (bicyclic) bond motifs is 1. The van der Waals surface area contributed by atoms with E-state index in [-0.39, 0.29) is 5.91 Å². The number of anilines is 1. The largest absolute Gasteiger partial charge is 0.480 e. The van der Waals surface area contributed by atoms with E-state index in [0.29, 0.717) is 18.5 Å². The second-order valence-electron chi connectivity index (χ2n) is 5.79. The first kappa shape index (κ1) is 15.3. The molecule has 0 radical (unpaired) electrons. The molecule has 7 heteroatoms. The number of rotatable bonds is 4. The van der Waals surface area contributed by atoms with Gasteiger partial charge in [0.25, 0.3) is 5.91 Å². The van der Waals surface area contributed by atoms with E-state index >= 15 is 0 Å².